The molecule has 5 heterocycles. The summed E-state index contributed by atoms with van der Waals surface area (Å²) in [6.07, 6.45) is 8.89. The minimum absolute atomic E-state index is 0.0466. The van der Waals surface area contributed by atoms with Crippen LogP contribution in [0.2, 0.25) is 0 Å². The van der Waals surface area contributed by atoms with E-state index in [2.05, 4.69) is 46.3 Å². The van der Waals surface area contributed by atoms with E-state index in [4.69, 9.17) is 10.1 Å². The number of nitrogens with zero attached hydrogens (tertiary/aromatic N) is 7. The van der Waals surface area contributed by atoms with Gasteiger partial charge in [0.1, 0.15) is 11.4 Å². The predicted octanol–water partition coefficient (Wildman–Crippen LogP) is 4.26. The maximum absolute atomic E-state index is 14.8. The molecule has 3 aromatic rings. The molecule has 0 unspecified atom stereocenters. The first kappa shape index (κ1) is 25.1. The van der Waals surface area contributed by atoms with E-state index in [1.54, 1.807) is 30.9 Å². The number of urea groups is 1. The van der Waals surface area contributed by atoms with Crippen molar-refractivity contribution in [1.82, 2.24) is 34.8 Å². The number of piperidine rings is 1. The molecular weight excluding hydrogens is 485 g/mol. The van der Waals surface area contributed by atoms with Crippen LogP contribution in [-0.4, -0.2) is 91.3 Å². The topological polar surface area (TPSA) is 98.2 Å². The SMILES string of the molecule is CN(C)C1(C)CN(c2nn(CC(C)(C)F)c3cc(-c4[nH]ncc4NC(=O)N4CCCCC45CC5)ncc23)C1. The molecule has 204 valence electrons. The van der Waals surface area contributed by atoms with Crippen molar-refractivity contribution in [3.63, 3.8) is 0 Å². The average molecular weight is 524 g/mol. The molecule has 3 aromatic heterocycles. The highest BCUT2D eigenvalue weighted by atomic mass is 19.1. The van der Waals surface area contributed by atoms with E-state index in [0.29, 0.717) is 17.1 Å². The van der Waals surface area contributed by atoms with E-state index in [1.807, 2.05) is 11.0 Å². The number of rotatable bonds is 6. The van der Waals surface area contributed by atoms with Crippen LogP contribution in [-0.2, 0) is 6.54 Å². The Labute approximate surface area is 222 Å². The van der Waals surface area contributed by atoms with E-state index in [-0.39, 0.29) is 23.7 Å². The van der Waals surface area contributed by atoms with Gasteiger partial charge in [-0.2, -0.15) is 10.2 Å². The normalized spacial score (nSPS) is 20.3. The molecule has 0 radical (unpaired) electrons. The molecule has 0 atom stereocenters. The van der Waals surface area contributed by atoms with Crippen LogP contribution in [0.1, 0.15) is 52.9 Å². The molecule has 10 nitrogen and oxygen atoms in total. The van der Waals surface area contributed by atoms with Crippen molar-refractivity contribution in [2.45, 2.75) is 76.2 Å². The molecule has 0 bridgehead atoms. The first-order valence-electron chi connectivity index (χ1n) is 13.6. The van der Waals surface area contributed by atoms with E-state index in [1.165, 1.54) is 6.42 Å². The van der Waals surface area contributed by atoms with Crippen LogP contribution in [0.15, 0.2) is 18.5 Å². The molecule has 6 rings (SSSR count). The number of carbonyl (C=O) groups excluding carboxylic acids is 1. The number of hydrogen-bond donors (Lipinski definition) is 2. The van der Waals surface area contributed by atoms with E-state index in [9.17, 15) is 9.18 Å². The Hall–Kier alpha value is -3.21. The summed E-state index contributed by atoms with van der Waals surface area (Å²) in [6.45, 7) is 7.93. The van der Waals surface area contributed by atoms with Gasteiger partial charge in [0.2, 0.25) is 0 Å². The Morgan fingerprint density at radius 3 is 2.66 bits per heavy atom. The predicted molar refractivity (Wildman–Crippen MR) is 146 cm³/mol. The molecule has 1 aliphatic carbocycles. The van der Waals surface area contributed by atoms with Gasteiger partial charge in [-0.05, 0) is 73.0 Å². The average Bonchev–Trinajstić information content (AvgIpc) is 3.29. The third-order valence-electron chi connectivity index (χ3n) is 8.64. The van der Waals surface area contributed by atoms with Gasteiger partial charge in [0.15, 0.2) is 5.82 Å². The summed E-state index contributed by atoms with van der Waals surface area (Å²) >= 11 is 0. The molecule has 2 amide bonds. The van der Waals surface area contributed by atoms with Gasteiger partial charge >= 0.3 is 6.03 Å². The van der Waals surface area contributed by atoms with Crippen LogP contribution in [0.3, 0.4) is 0 Å². The maximum Gasteiger partial charge on any atom is 0.322 e. The number of amides is 2. The highest BCUT2D eigenvalue weighted by Crippen LogP contribution is 2.48. The molecule has 3 fully saturated rings. The zero-order chi connectivity index (χ0) is 26.9. The lowest BCUT2D eigenvalue weighted by Gasteiger charge is -2.52. The van der Waals surface area contributed by atoms with Crippen LogP contribution >= 0.6 is 0 Å². The lowest BCUT2D eigenvalue weighted by Crippen LogP contribution is -2.67. The van der Waals surface area contributed by atoms with Crippen molar-refractivity contribution in [2.75, 3.05) is 43.9 Å². The number of aromatic nitrogens is 5. The van der Waals surface area contributed by atoms with Crippen molar-refractivity contribution >= 4 is 28.4 Å². The quantitative estimate of drug-likeness (QED) is 0.501. The summed E-state index contributed by atoms with van der Waals surface area (Å²) in [5.41, 5.74) is 1.31. The smallest absolute Gasteiger partial charge is 0.322 e. The van der Waals surface area contributed by atoms with Gasteiger partial charge < -0.3 is 20.0 Å². The third-order valence-corrected chi connectivity index (χ3v) is 8.64. The van der Waals surface area contributed by atoms with Crippen LogP contribution in [0, 0.1) is 0 Å². The molecule has 2 N–H and O–H groups in total. The zero-order valence-electron chi connectivity index (χ0n) is 23.0. The summed E-state index contributed by atoms with van der Waals surface area (Å²) in [5.74, 6) is 0.820. The maximum atomic E-state index is 14.8. The summed E-state index contributed by atoms with van der Waals surface area (Å²) < 4.78 is 16.5. The Morgan fingerprint density at radius 1 is 1.21 bits per heavy atom. The molecule has 2 saturated heterocycles. The second-order valence-corrected chi connectivity index (χ2v) is 12.5. The Morgan fingerprint density at radius 2 is 1.97 bits per heavy atom. The lowest BCUT2D eigenvalue weighted by molar-refractivity contribution is 0.132. The molecule has 11 heteroatoms. The van der Waals surface area contributed by atoms with E-state index in [0.717, 1.165) is 62.0 Å². The number of halogens is 1. The number of carbonyl (C=O) groups is 1. The largest absolute Gasteiger partial charge is 0.351 e. The fourth-order valence-electron chi connectivity index (χ4n) is 5.94. The van der Waals surface area contributed by atoms with Crippen LogP contribution in [0.4, 0.5) is 20.7 Å². The van der Waals surface area contributed by atoms with Gasteiger partial charge in [-0.1, -0.05) is 0 Å². The number of fused-ring (bicyclic) bond motifs is 1. The number of H-pyrrole nitrogens is 1. The van der Waals surface area contributed by atoms with Crippen molar-refractivity contribution in [2.24, 2.45) is 0 Å². The van der Waals surface area contributed by atoms with Gasteiger partial charge in [0.25, 0.3) is 0 Å². The number of hydrogen-bond acceptors (Lipinski definition) is 6. The van der Waals surface area contributed by atoms with Gasteiger partial charge in [-0.3, -0.25) is 14.8 Å². The number of likely N-dealkylation sites (tertiary alicyclic amines) is 1. The Bertz CT molecular complexity index is 1360. The van der Waals surface area contributed by atoms with Crippen LogP contribution in [0.5, 0.6) is 0 Å². The lowest BCUT2D eigenvalue weighted by atomic mass is 9.91. The highest BCUT2D eigenvalue weighted by Gasteiger charge is 2.51. The molecular formula is C27H38FN9O. The van der Waals surface area contributed by atoms with Gasteiger partial charge in [0.05, 0.1) is 40.6 Å². The molecule has 38 heavy (non-hydrogen) atoms. The van der Waals surface area contributed by atoms with Crippen molar-refractivity contribution in [3.8, 4) is 11.4 Å². The van der Waals surface area contributed by atoms with Crippen molar-refractivity contribution in [3.05, 3.63) is 18.5 Å². The number of anilines is 2. The number of nitrogens with one attached hydrogen (secondary N) is 2. The number of likely N-dealkylation sites (N-methyl/N-ethyl adjacent to an activating group) is 1. The number of aromatic amines is 1. The van der Waals surface area contributed by atoms with Crippen molar-refractivity contribution < 1.29 is 9.18 Å². The third kappa shape index (κ3) is 4.30. The van der Waals surface area contributed by atoms with Crippen LogP contribution < -0.4 is 10.2 Å². The molecule has 0 aromatic carbocycles. The second-order valence-electron chi connectivity index (χ2n) is 12.5. The monoisotopic (exact) mass is 523 g/mol. The summed E-state index contributed by atoms with van der Waals surface area (Å²) in [5, 5.41) is 16.0. The van der Waals surface area contributed by atoms with Gasteiger partial charge in [-0.25, -0.2) is 9.18 Å². The van der Waals surface area contributed by atoms with Gasteiger partial charge in [0, 0.05) is 31.4 Å². The molecule has 1 spiro atoms. The zero-order valence-corrected chi connectivity index (χ0v) is 23.0. The minimum Gasteiger partial charge on any atom is -0.351 e. The Balaban J connectivity index is 1.31. The highest BCUT2D eigenvalue weighted by molar-refractivity contribution is 5.96. The first-order valence-corrected chi connectivity index (χ1v) is 13.6. The summed E-state index contributed by atoms with van der Waals surface area (Å²) in [6, 6.07) is 1.83. The van der Waals surface area contributed by atoms with E-state index >= 15 is 0 Å². The van der Waals surface area contributed by atoms with E-state index < -0.39 is 5.67 Å². The first-order chi connectivity index (χ1) is 18.0. The minimum atomic E-state index is -1.44. The summed E-state index contributed by atoms with van der Waals surface area (Å²) in [4.78, 5) is 24.4. The van der Waals surface area contributed by atoms with Crippen LogP contribution in [0.25, 0.3) is 22.3 Å². The standard InChI is InChI=1S/C27H38FN9O/c1-25(2,28)15-37-21-12-19(29-13-18(21)23(33-37)35-16-26(3,17-35)34(4)5)22-20(14-30-32-22)31-24(38)36-11-7-6-8-27(36)9-10-27/h12-14H,6-11,15-17H2,1-5H3,(H,30,32)(H,31,38). The second kappa shape index (κ2) is 8.65. The fraction of sp³-hybridized carbons (Fsp3) is 0.630. The molecule has 2 aliphatic heterocycles. The molecule has 1 saturated carbocycles. The number of alkyl halides is 1. The number of pyridine rings is 1. The Kier molecular flexibility index (Phi) is 5.71. The van der Waals surface area contributed by atoms with Crippen molar-refractivity contribution in [1.29, 1.82) is 0 Å². The fourth-order valence-corrected chi connectivity index (χ4v) is 5.94. The summed E-state index contributed by atoms with van der Waals surface area (Å²) in [7, 11) is 4.17. The van der Waals surface area contributed by atoms with Gasteiger partial charge in [-0.15, -0.1) is 0 Å². The molecule has 3 aliphatic rings.